The molecule has 9 heavy (non-hydrogen) atoms. The fourth-order valence-electron chi connectivity index (χ4n) is 0.412. The van der Waals surface area contributed by atoms with Crippen LogP contribution in [-0.4, -0.2) is 4.83 Å². The van der Waals surface area contributed by atoms with Gasteiger partial charge in [0.2, 0.25) is 0 Å². The Morgan fingerprint density at radius 3 is 2.11 bits per heavy atom. The molecule has 0 amide bonds. The van der Waals surface area contributed by atoms with Crippen molar-refractivity contribution in [2.45, 2.75) is 25.6 Å². The van der Waals surface area contributed by atoms with Crippen LogP contribution in [-0.2, 0) is 0 Å². The van der Waals surface area contributed by atoms with E-state index in [2.05, 4.69) is 28.8 Å². The molecule has 0 saturated heterocycles. The van der Waals surface area contributed by atoms with Gasteiger partial charge in [-0.25, -0.2) is 0 Å². The Bertz CT molecular complexity index is 158. The SMILES string of the molecule is C#CC(C)=C(C)C(C)Br. The predicted molar refractivity (Wildman–Crippen MR) is 45.6 cm³/mol. The van der Waals surface area contributed by atoms with E-state index in [1.807, 2.05) is 13.8 Å². The number of rotatable bonds is 1. The van der Waals surface area contributed by atoms with Crippen LogP contribution in [0.3, 0.4) is 0 Å². The quantitative estimate of drug-likeness (QED) is 0.437. The van der Waals surface area contributed by atoms with Crippen LogP contribution in [0.2, 0.25) is 0 Å². The lowest BCUT2D eigenvalue weighted by Gasteiger charge is -2.03. The molecule has 0 aliphatic rings. The third-order valence-corrected chi connectivity index (χ3v) is 2.09. The first kappa shape index (κ1) is 8.78. The van der Waals surface area contributed by atoms with Crippen molar-refractivity contribution in [3.05, 3.63) is 11.1 Å². The number of hydrogen-bond acceptors (Lipinski definition) is 0. The first-order chi connectivity index (χ1) is 4.09. The second kappa shape index (κ2) is 3.74. The van der Waals surface area contributed by atoms with Crippen LogP contribution in [0.15, 0.2) is 11.1 Å². The van der Waals surface area contributed by atoms with E-state index < -0.39 is 0 Å². The highest BCUT2D eigenvalue weighted by atomic mass is 79.9. The molecule has 0 aromatic rings. The topological polar surface area (TPSA) is 0 Å². The third-order valence-electron chi connectivity index (χ3n) is 1.40. The second-order valence-electron chi connectivity index (χ2n) is 2.07. The van der Waals surface area contributed by atoms with Crippen LogP contribution in [0.4, 0.5) is 0 Å². The first-order valence-electron chi connectivity index (χ1n) is 2.87. The van der Waals surface area contributed by atoms with Gasteiger partial charge in [0, 0.05) is 4.83 Å². The van der Waals surface area contributed by atoms with Crippen molar-refractivity contribution < 1.29 is 0 Å². The van der Waals surface area contributed by atoms with Gasteiger partial charge in [0.15, 0.2) is 0 Å². The second-order valence-corrected chi connectivity index (χ2v) is 3.44. The summed E-state index contributed by atoms with van der Waals surface area (Å²) >= 11 is 3.43. The molecule has 0 N–H and O–H groups in total. The molecule has 0 heterocycles. The highest BCUT2D eigenvalue weighted by Gasteiger charge is 1.99. The summed E-state index contributed by atoms with van der Waals surface area (Å²) in [4.78, 5) is 0.397. The van der Waals surface area contributed by atoms with E-state index in [4.69, 9.17) is 6.42 Å². The third kappa shape index (κ3) is 2.72. The van der Waals surface area contributed by atoms with E-state index in [1.54, 1.807) is 0 Å². The van der Waals surface area contributed by atoms with Crippen LogP contribution in [0.1, 0.15) is 20.8 Å². The number of alkyl halides is 1. The molecular weight excluding hydrogens is 176 g/mol. The first-order valence-corrected chi connectivity index (χ1v) is 3.79. The Hall–Kier alpha value is -0.220. The molecule has 0 fully saturated rings. The summed E-state index contributed by atoms with van der Waals surface area (Å²) in [7, 11) is 0. The van der Waals surface area contributed by atoms with Gasteiger partial charge in [-0.15, -0.1) is 6.42 Å². The Morgan fingerprint density at radius 2 is 2.00 bits per heavy atom. The van der Waals surface area contributed by atoms with Gasteiger partial charge in [-0.1, -0.05) is 21.9 Å². The smallest absolute Gasteiger partial charge is 0.0335 e. The number of hydrogen-bond donors (Lipinski definition) is 0. The monoisotopic (exact) mass is 186 g/mol. The summed E-state index contributed by atoms with van der Waals surface area (Å²) in [5.74, 6) is 2.60. The maximum atomic E-state index is 5.18. The lowest BCUT2D eigenvalue weighted by molar-refractivity contribution is 1.11. The molecular formula is C8H11Br. The molecule has 0 aliphatic carbocycles. The number of terminal acetylenes is 1. The summed E-state index contributed by atoms with van der Waals surface area (Å²) in [6.07, 6.45) is 5.18. The minimum absolute atomic E-state index is 0.397. The maximum Gasteiger partial charge on any atom is 0.0335 e. The van der Waals surface area contributed by atoms with Gasteiger partial charge in [0.1, 0.15) is 0 Å². The van der Waals surface area contributed by atoms with Gasteiger partial charge in [-0.3, -0.25) is 0 Å². The largest absolute Gasteiger partial charge is 0.115 e. The normalized spacial score (nSPS) is 15.9. The minimum Gasteiger partial charge on any atom is -0.115 e. The van der Waals surface area contributed by atoms with Crippen molar-refractivity contribution in [3.63, 3.8) is 0 Å². The molecule has 0 aliphatic heterocycles. The molecule has 0 spiro atoms. The van der Waals surface area contributed by atoms with Crippen molar-refractivity contribution in [1.82, 2.24) is 0 Å². The van der Waals surface area contributed by atoms with E-state index in [0.29, 0.717) is 4.83 Å². The molecule has 50 valence electrons. The standard InChI is InChI=1S/C8H11Br/c1-5-6(2)7(3)8(4)9/h1,8H,2-4H3. The lowest BCUT2D eigenvalue weighted by Crippen LogP contribution is -1.93. The molecule has 1 atom stereocenters. The molecule has 1 heteroatoms. The van der Waals surface area contributed by atoms with Gasteiger partial charge in [0.25, 0.3) is 0 Å². The summed E-state index contributed by atoms with van der Waals surface area (Å²) in [5, 5.41) is 0. The predicted octanol–water partition coefficient (Wildman–Crippen LogP) is 2.74. The van der Waals surface area contributed by atoms with Crippen molar-refractivity contribution in [1.29, 1.82) is 0 Å². The molecule has 0 rings (SSSR count). The highest BCUT2D eigenvalue weighted by Crippen LogP contribution is 2.13. The average Bonchev–Trinajstić information content (AvgIpc) is 1.84. The molecule has 0 aromatic carbocycles. The van der Waals surface area contributed by atoms with E-state index in [9.17, 15) is 0 Å². The molecule has 0 bridgehead atoms. The van der Waals surface area contributed by atoms with E-state index in [-0.39, 0.29) is 0 Å². The van der Waals surface area contributed by atoms with Crippen LogP contribution >= 0.6 is 15.9 Å². The van der Waals surface area contributed by atoms with Gasteiger partial charge in [0.05, 0.1) is 0 Å². The van der Waals surface area contributed by atoms with Crippen molar-refractivity contribution in [3.8, 4) is 12.3 Å². The molecule has 1 unspecified atom stereocenters. The van der Waals surface area contributed by atoms with Gasteiger partial charge in [-0.2, -0.15) is 0 Å². The number of halogens is 1. The van der Waals surface area contributed by atoms with Gasteiger partial charge >= 0.3 is 0 Å². The number of allylic oxidation sites excluding steroid dienone is 2. The maximum absolute atomic E-state index is 5.18. The Labute approximate surface area is 65.5 Å². The zero-order chi connectivity index (χ0) is 7.44. The molecule has 0 saturated carbocycles. The Kier molecular flexibility index (Phi) is 3.65. The van der Waals surface area contributed by atoms with E-state index in [1.165, 1.54) is 5.57 Å². The average molecular weight is 187 g/mol. The van der Waals surface area contributed by atoms with E-state index >= 15 is 0 Å². The Morgan fingerprint density at radius 1 is 1.56 bits per heavy atom. The van der Waals surface area contributed by atoms with E-state index in [0.717, 1.165) is 5.57 Å². The fraction of sp³-hybridized carbons (Fsp3) is 0.500. The summed E-state index contributed by atoms with van der Waals surface area (Å²) in [5.41, 5.74) is 2.26. The van der Waals surface area contributed by atoms with Crippen LogP contribution < -0.4 is 0 Å². The fourth-order valence-corrected chi connectivity index (χ4v) is 0.756. The summed E-state index contributed by atoms with van der Waals surface area (Å²) in [6.45, 7) is 6.05. The van der Waals surface area contributed by atoms with Crippen molar-refractivity contribution in [2.75, 3.05) is 0 Å². The summed E-state index contributed by atoms with van der Waals surface area (Å²) in [6, 6.07) is 0. The van der Waals surface area contributed by atoms with Gasteiger partial charge < -0.3 is 0 Å². The van der Waals surface area contributed by atoms with Crippen LogP contribution in [0.25, 0.3) is 0 Å². The molecule has 0 radical (unpaired) electrons. The zero-order valence-corrected chi connectivity index (χ0v) is 7.62. The zero-order valence-electron chi connectivity index (χ0n) is 6.03. The molecule has 0 aromatic heterocycles. The Balaban J connectivity index is 4.34. The van der Waals surface area contributed by atoms with Crippen LogP contribution in [0.5, 0.6) is 0 Å². The van der Waals surface area contributed by atoms with Gasteiger partial charge in [-0.05, 0) is 31.9 Å². The minimum atomic E-state index is 0.397. The summed E-state index contributed by atoms with van der Waals surface area (Å²) < 4.78 is 0. The highest BCUT2D eigenvalue weighted by molar-refractivity contribution is 9.09. The van der Waals surface area contributed by atoms with Crippen molar-refractivity contribution in [2.24, 2.45) is 0 Å². The van der Waals surface area contributed by atoms with Crippen LogP contribution in [0, 0.1) is 12.3 Å². The molecule has 0 nitrogen and oxygen atoms in total. The van der Waals surface area contributed by atoms with Crippen molar-refractivity contribution >= 4 is 15.9 Å². The lowest BCUT2D eigenvalue weighted by atomic mass is 10.1.